The quantitative estimate of drug-likeness (QED) is 0.599. The third-order valence-corrected chi connectivity index (χ3v) is 7.22. The molecule has 0 spiro atoms. The molecule has 0 aromatic rings. The van der Waals surface area contributed by atoms with Gasteiger partial charge in [-0.1, -0.05) is 51.4 Å². The van der Waals surface area contributed by atoms with Crippen LogP contribution in [0.1, 0.15) is 84.0 Å². The molecule has 32 heavy (non-hydrogen) atoms. The fraction of sp³-hybridized carbons (Fsp3) is 0.783. The third-order valence-electron chi connectivity index (χ3n) is 7.22. The molecule has 2 fully saturated rings. The minimum Gasteiger partial charge on any atom is -0.466 e. The van der Waals surface area contributed by atoms with Crippen LogP contribution < -0.4 is 5.32 Å². The van der Waals surface area contributed by atoms with E-state index in [2.05, 4.69) is 4.74 Å². The highest BCUT2D eigenvalue weighted by atomic mass is 19.4. The second-order valence-electron chi connectivity index (χ2n) is 9.26. The molecule has 1 aliphatic heterocycles. The van der Waals surface area contributed by atoms with Crippen LogP contribution in [-0.4, -0.2) is 47.6 Å². The molecule has 0 radical (unpaired) electrons. The van der Waals surface area contributed by atoms with Crippen molar-refractivity contribution in [2.45, 2.75) is 102 Å². The molecule has 1 N–H and O–H groups in total. The number of nitrogens with zero attached hydrogens (tertiary/aromatic N) is 1. The number of ether oxygens (including phenoxy) is 1. The van der Waals surface area contributed by atoms with E-state index in [1.54, 1.807) is 0 Å². The van der Waals surface area contributed by atoms with E-state index in [4.69, 9.17) is 0 Å². The first-order valence-electron chi connectivity index (χ1n) is 11.6. The van der Waals surface area contributed by atoms with E-state index in [1.165, 1.54) is 6.92 Å². The van der Waals surface area contributed by atoms with Gasteiger partial charge in [0.1, 0.15) is 5.57 Å². The fourth-order valence-electron chi connectivity index (χ4n) is 5.55. The molecule has 6 nitrogen and oxygen atoms in total. The molecule has 1 heterocycles. The number of amides is 2. The molecule has 0 saturated heterocycles. The van der Waals surface area contributed by atoms with Crippen LogP contribution in [0.2, 0.25) is 0 Å². The Balaban J connectivity index is 1.92. The van der Waals surface area contributed by atoms with Crippen LogP contribution in [0.25, 0.3) is 0 Å². The predicted octanol–water partition coefficient (Wildman–Crippen LogP) is 4.39. The summed E-state index contributed by atoms with van der Waals surface area (Å²) in [5.41, 5.74) is -4.32. The molecule has 9 heteroatoms. The van der Waals surface area contributed by atoms with Gasteiger partial charge in [0.25, 0.3) is 5.91 Å². The van der Waals surface area contributed by atoms with Gasteiger partial charge in [0.2, 0.25) is 11.4 Å². The third kappa shape index (κ3) is 4.53. The number of rotatable bonds is 6. The summed E-state index contributed by atoms with van der Waals surface area (Å²) >= 11 is 0. The van der Waals surface area contributed by atoms with Gasteiger partial charge in [-0.2, -0.15) is 13.2 Å². The van der Waals surface area contributed by atoms with Gasteiger partial charge < -0.3 is 15.0 Å². The number of carbonyl (C=O) groups is 3. The maximum atomic E-state index is 14.6. The van der Waals surface area contributed by atoms with Crippen LogP contribution in [0.5, 0.6) is 0 Å². The number of allylic oxidation sites excluding steroid dienone is 1. The van der Waals surface area contributed by atoms with Gasteiger partial charge in [-0.3, -0.25) is 9.59 Å². The van der Waals surface area contributed by atoms with Crippen molar-refractivity contribution < 1.29 is 32.3 Å². The van der Waals surface area contributed by atoms with Crippen LogP contribution >= 0.6 is 0 Å². The number of nitrogens with one attached hydrogen (secondary N) is 1. The van der Waals surface area contributed by atoms with Gasteiger partial charge in [-0.25, -0.2) is 4.79 Å². The molecule has 0 bridgehead atoms. The molecule has 0 unspecified atom stereocenters. The first-order chi connectivity index (χ1) is 15.1. The highest BCUT2D eigenvalue weighted by Gasteiger charge is 2.71. The second kappa shape index (κ2) is 9.83. The predicted molar refractivity (Wildman–Crippen MR) is 111 cm³/mol. The molecule has 180 valence electrons. The first-order valence-corrected chi connectivity index (χ1v) is 11.6. The van der Waals surface area contributed by atoms with Crippen molar-refractivity contribution in [3.8, 4) is 0 Å². The Labute approximate surface area is 186 Å². The van der Waals surface area contributed by atoms with E-state index < -0.39 is 41.1 Å². The monoisotopic (exact) mass is 458 g/mol. The maximum Gasteiger partial charge on any atom is 0.425 e. The number of hydrogen-bond donors (Lipinski definition) is 1. The lowest BCUT2D eigenvalue weighted by molar-refractivity contribution is -0.196. The molecule has 0 aromatic heterocycles. The number of alkyl halides is 3. The minimum atomic E-state index is -5.20. The SMILES string of the molecule is COC(=O)C1=C(C)N(C2CCCCC2)C(=O)[C@]1(NC(=O)CCC1CCCCC1)C(F)(F)F. The summed E-state index contributed by atoms with van der Waals surface area (Å²) in [4.78, 5) is 39.7. The smallest absolute Gasteiger partial charge is 0.425 e. The van der Waals surface area contributed by atoms with Gasteiger partial charge in [-0.05, 0) is 32.1 Å². The molecule has 3 rings (SSSR count). The summed E-state index contributed by atoms with van der Waals surface area (Å²) in [5, 5.41) is 1.97. The van der Waals surface area contributed by atoms with E-state index in [0.29, 0.717) is 25.2 Å². The highest BCUT2D eigenvalue weighted by Crippen LogP contribution is 2.47. The Morgan fingerprint density at radius 2 is 1.62 bits per heavy atom. The van der Waals surface area contributed by atoms with Crippen molar-refractivity contribution in [2.75, 3.05) is 7.11 Å². The molecular formula is C23H33F3N2O4. The normalized spacial score (nSPS) is 25.9. The molecule has 2 aliphatic carbocycles. The topological polar surface area (TPSA) is 75.7 Å². The zero-order valence-electron chi connectivity index (χ0n) is 18.9. The molecule has 1 atom stereocenters. The lowest BCUT2D eigenvalue weighted by Crippen LogP contribution is -2.66. The number of hydrogen-bond acceptors (Lipinski definition) is 4. The van der Waals surface area contributed by atoms with Crippen molar-refractivity contribution in [2.24, 2.45) is 5.92 Å². The molecule has 3 aliphatic rings. The van der Waals surface area contributed by atoms with Gasteiger partial charge in [-0.15, -0.1) is 0 Å². The molecule has 2 saturated carbocycles. The second-order valence-corrected chi connectivity index (χ2v) is 9.26. The van der Waals surface area contributed by atoms with Crippen molar-refractivity contribution in [1.82, 2.24) is 10.2 Å². The number of halogens is 3. The average Bonchev–Trinajstić information content (AvgIpc) is 3.00. The maximum absolute atomic E-state index is 14.6. The summed E-state index contributed by atoms with van der Waals surface area (Å²) in [7, 11) is 0.975. The van der Waals surface area contributed by atoms with E-state index in [1.807, 2.05) is 5.32 Å². The average molecular weight is 459 g/mol. The van der Waals surface area contributed by atoms with Crippen molar-refractivity contribution in [3.63, 3.8) is 0 Å². The Kier molecular flexibility index (Phi) is 7.55. The highest BCUT2D eigenvalue weighted by molar-refractivity contribution is 6.10. The Morgan fingerprint density at radius 1 is 1.06 bits per heavy atom. The molecule has 0 aromatic carbocycles. The van der Waals surface area contributed by atoms with Gasteiger partial charge >= 0.3 is 12.1 Å². The van der Waals surface area contributed by atoms with E-state index in [0.717, 1.165) is 63.4 Å². The fourth-order valence-corrected chi connectivity index (χ4v) is 5.55. The zero-order chi connectivity index (χ0) is 23.5. The number of carbonyl (C=O) groups excluding carboxylic acids is 3. The Bertz CT molecular complexity index is 768. The minimum absolute atomic E-state index is 0.0846. The summed E-state index contributed by atoms with van der Waals surface area (Å²) in [6.07, 6.45) is 3.97. The van der Waals surface area contributed by atoms with Gasteiger partial charge in [0.05, 0.1) is 7.11 Å². The van der Waals surface area contributed by atoms with E-state index >= 15 is 0 Å². The van der Waals surface area contributed by atoms with Crippen molar-refractivity contribution in [1.29, 1.82) is 0 Å². The summed E-state index contributed by atoms with van der Waals surface area (Å²) in [6.45, 7) is 1.33. The number of methoxy groups -OCH3 is 1. The van der Waals surface area contributed by atoms with Gasteiger partial charge in [0.15, 0.2) is 0 Å². The van der Waals surface area contributed by atoms with Crippen molar-refractivity contribution >= 4 is 17.8 Å². The lowest BCUT2D eigenvalue weighted by atomic mass is 9.85. The van der Waals surface area contributed by atoms with E-state index in [-0.39, 0.29) is 12.1 Å². The van der Waals surface area contributed by atoms with Crippen LogP contribution in [0.4, 0.5) is 13.2 Å². The number of esters is 1. The first kappa shape index (κ1) is 24.6. The standard InChI is InChI=1S/C23H33F3N2O4/c1-15-19(20(30)32-2)22(23(24,25)26,21(31)28(15)17-11-7-4-8-12-17)27-18(29)14-13-16-9-5-3-6-10-16/h16-17H,3-14H2,1-2H3,(H,27,29)/t22-/m0/s1. The lowest BCUT2D eigenvalue weighted by Gasteiger charge is -2.36. The summed E-state index contributed by atoms with van der Waals surface area (Å²) in [6, 6.07) is -0.431. The molecule has 2 amide bonds. The summed E-state index contributed by atoms with van der Waals surface area (Å²) in [5.74, 6) is -3.13. The zero-order valence-corrected chi connectivity index (χ0v) is 18.9. The van der Waals surface area contributed by atoms with Crippen LogP contribution in [0.15, 0.2) is 11.3 Å². The van der Waals surface area contributed by atoms with Crippen LogP contribution in [0, 0.1) is 5.92 Å². The van der Waals surface area contributed by atoms with Crippen LogP contribution in [-0.2, 0) is 19.1 Å². The largest absolute Gasteiger partial charge is 0.466 e. The van der Waals surface area contributed by atoms with Crippen molar-refractivity contribution in [3.05, 3.63) is 11.3 Å². The summed E-state index contributed by atoms with van der Waals surface area (Å²) < 4.78 is 48.4. The molecular weight excluding hydrogens is 425 g/mol. The van der Waals surface area contributed by atoms with E-state index in [9.17, 15) is 27.6 Å². The van der Waals surface area contributed by atoms with Crippen LogP contribution in [0.3, 0.4) is 0 Å². The Hall–Kier alpha value is -2.06. The Morgan fingerprint density at radius 3 is 2.16 bits per heavy atom. The van der Waals surface area contributed by atoms with Gasteiger partial charge in [0, 0.05) is 18.2 Å².